The largest absolute Gasteiger partial charge is 0.413 e. The highest BCUT2D eigenvalue weighted by molar-refractivity contribution is 6.74. The van der Waals surface area contributed by atoms with Crippen LogP contribution in [0.15, 0.2) is 12.7 Å². The summed E-state index contributed by atoms with van der Waals surface area (Å²) < 4.78 is 13.6. The lowest BCUT2D eigenvalue weighted by Gasteiger charge is -2.45. The maximum atomic E-state index is 6.82. The Morgan fingerprint density at radius 2 is 1.41 bits per heavy atom. The van der Waals surface area contributed by atoms with Crippen LogP contribution in [0.3, 0.4) is 0 Å². The maximum Gasteiger partial charge on any atom is 0.192 e. The molecule has 0 aliphatic carbocycles. The topological polar surface area (TPSA) is 18.5 Å². The molecular formula is C23H46O2Si2. The third-order valence-corrected chi connectivity index (χ3v) is 15.5. The van der Waals surface area contributed by atoms with Gasteiger partial charge in [0.25, 0.3) is 0 Å². The van der Waals surface area contributed by atoms with Gasteiger partial charge in [0.2, 0.25) is 0 Å². The molecule has 0 rings (SSSR count). The summed E-state index contributed by atoms with van der Waals surface area (Å²) in [5, 5.41) is 0.313. The van der Waals surface area contributed by atoms with E-state index < -0.39 is 16.6 Å². The highest BCUT2D eigenvalue weighted by atomic mass is 28.4. The highest BCUT2D eigenvalue weighted by Crippen LogP contribution is 2.42. The van der Waals surface area contributed by atoms with Gasteiger partial charge in [-0.25, -0.2) is 0 Å². The molecule has 0 spiro atoms. The van der Waals surface area contributed by atoms with Crippen molar-refractivity contribution in [1.29, 1.82) is 0 Å². The average molecular weight is 411 g/mol. The monoisotopic (exact) mass is 410 g/mol. The predicted octanol–water partition coefficient (Wildman–Crippen LogP) is 7.39. The van der Waals surface area contributed by atoms with E-state index in [0.717, 1.165) is 12.8 Å². The Bertz CT molecular complexity index is 504. The van der Waals surface area contributed by atoms with E-state index in [2.05, 4.69) is 87.2 Å². The Morgan fingerprint density at radius 3 is 1.74 bits per heavy atom. The van der Waals surface area contributed by atoms with Gasteiger partial charge in [0.05, 0.1) is 12.2 Å². The number of hydrogen-bond donors (Lipinski definition) is 0. The molecule has 0 saturated carbocycles. The van der Waals surface area contributed by atoms with Crippen molar-refractivity contribution in [2.75, 3.05) is 0 Å². The molecule has 0 unspecified atom stereocenters. The molecule has 0 aliphatic rings. The minimum atomic E-state index is -1.92. The summed E-state index contributed by atoms with van der Waals surface area (Å²) in [6.45, 7) is 29.2. The minimum Gasteiger partial charge on any atom is -0.413 e. The fraction of sp³-hybridized carbons (Fsp3) is 0.826. The lowest BCUT2D eigenvalue weighted by atomic mass is 9.89. The zero-order chi connectivity index (χ0) is 21.7. The Hall–Kier alpha value is -0.346. The molecule has 4 heteroatoms. The third kappa shape index (κ3) is 7.53. The molecule has 0 aromatic heterocycles. The molecule has 0 N–H and O–H groups in total. The minimum absolute atomic E-state index is 0.0172. The van der Waals surface area contributed by atoms with E-state index in [1.807, 2.05) is 6.08 Å². The van der Waals surface area contributed by atoms with Gasteiger partial charge in [-0.3, -0.25) is 0 Å². The van der Waals surface area contributed by atoms with E-state index in [1.165, 1.54) is 0 Å². The van der Waals surface area contributed by atoms with E-state index >= 15 is 0 Å². The van der Waals surface area contributed by atoms with Crippen LogP contribution in [0.5, 0.6) is 0 Å². The highest BCUT2D eigenvalue weighted by Gasteiger charge is 2.44. The molecule has 0 bridgehead atoms. The van der Waals surface area contributed by atoms with Crippen molar-refractivity contribution >= 4 is 16.6 Å². The summed E-state index contributed by atoms with van der Waals surface area (Å²) in [5.41, 5.74) is 0. The van der Waals surface area contributed by atoms with Crippen LogP contribution in [-0.2, 0) is 8.85 Å². The van der Waals surface area contributed by atoms with Crippen LogP contribution >= 0.6 is 0 Å². The van der Waals surface area contributed by atoms with Gasteiger partial charge in [0.15, 0.2) is 16.6 Å². The number of rotatable bonds is 10. The van der Waals surface area contributed by atoms with Gasteiger partial charge in [0.1, 0.15) is 0 Å². The molecular weight excluding hydrogens is 364 g/mol. The molecule has 0 aromatic rings. The first kappa shape index (κ1) is 26.7. The Morgan fingerprint density at radius 1 is 0.963 bits per heavy atom. The van der Waals surface area contributed by atoms with E-state index in [1.54, 1.807) is 0 Å². The van der Waals surface area contributed by atoms with E-state index in [-0.39, 0.29) is 28.2 Å². The summed E-state index contributed by atoms with van der Waals surface area (Å²) in [5.74, 6) is 3.11. The molecule has 3 atom stereocenters. The molecule has 0 heterocycles. The van der Waals surface area contributed by atoms with Crippen LogP contribution in [-0.4, -0.2) is 28.8 Å². The Labute approximate surface area is 172 Å². The lowest BCUT2D eigenvalue weighted by molar-refractivity contribution is 0.0452. The third-order valence-electron chi connectivity index (χ3n) is 6.56. The summed E-state index contributed by atoms with van der Waals surface area (Å²) >= 11 is 0. The first-order chi connectivity index (χ1) is 12.0. The molecule has 158 valence electrons. The van der Waals surface area contributed by atoms with Crippen LogP contribution < -0.4 is 0 Å². The molecule has 0 radical (unpaired) electrons. The van der Waals surface area contributed by atoms with Crippen molar-refractivity contribution in [2.24, 2.45) is 5.92 Å². The van der Waals surface area contributed by atoms with Gasteiger partial charge in [-0.15, -0.1) is 18.9 Å². The van der Waals surface area contributed by atoms with Gasteiger partial charge >= 0.3 is 0 Å². The maximum absolute atomic E-state index is 6.82. The van der Waals surface area contributed by atoms with Crippen molar-refractivity contribution in [3.63, 3.8) is 0 Å². The average Bonchev–Trinajstić information content (AvgIpc) is 2.47. The van der Waals surface area contributed by atoms with Crippen LogP contribution in [0, 0.1) is 18.3 Å². The fourth-order valence-electron chi connectivity index (χ4n) is 2.67. The Balaban J connectivity index is 5.82. The van der Waals surface area contributed by atoms with Gasteiger partial charge in [0, 0.05) is 12.3 Å². The van der Waals surface area contributed by atoms with E-state index in [0.29, 0.717) is 6.42 Å². The van der Waals surface area contributed by atoms with Crippen molar-refractivity contribution in [3.8, 4) is 12.3 Å². The molecule has 0 aromatic carbocycles. The van der Waals surface area contributed by atoms with Gasteiger partial charge in [-0.05, 0) is 42.7 Å². The van der Waals surface area contributed by atoms with Gasteiger partial charge in [-0.1, -0.05) is 61.0 Å². The number of hydrogen-bond acceptors (Lipinski definition) is 2. The zero-order valence-electron chi connectivity index (χ0n) is 20.0. The van der Waals surface area contributed by atoms with Crippen LogP contribution in [0.2, 0.25) is 36.3 Å². The zero-order valence-corrected chi connectivity index (χ0v) is 22.0. The molecule has 0 fully saturated rings. The van der Waals surface area contributed by atoms with Crippen molar-refractivity contribution in [1.82, 2.24) is 0 Å². The van der Waals surface area contributed by atoms with Gasteiger partial charge < -0.3 is 8.85 Å². The first-order valence-corrected chi connectivity index (χ1v) is 16.3. The number of terminal acetylenes is 1. The Kier molecular flexibility index (Phi) is 9.79. The second kappa shape index (κ2) is 9.92. The van der Waals surface area contributed by atoms with Crippen molar-refractivity contribution < 1.29 is 8.85 Å². The standard InChI is InChI=1S/C23H46O2Si2/c1-14-17-19(20(16-3)24-26(10,11)22(4,5)6)21(18-15-2)25-27(12,13)23(7,8)9/h2,16,19-21H,3,14,17-18H2,1,4-13H3/t19-,20-,21+/m0/s1. The first-order valence-electron chi connectivity index (χ1n) is 10.5. The smallest absolute Gasteiger partial charge is 0.192 e. The second-order valence-corrected chi connectivity index (χ2v) is 20.4. The quantitative estimate of drug-likeness (QED) is 0.212. The predicted molar refractivity (Wildman–Crippen MR) is 126 cm³/mol. The molecule has 27 heavy (non-hydrogen) atoms. The van der Waals surface area contributed by atoms with E-state index in [4.69, 9.17) is 15.3 Å². The molecule has 0 saturated heterocycles. The van der Waals surface area contributed by atoms with E-state index in [9.17, 15) is 0 Å². The summed E-state index contributed by atoms with van der Waals surface area (Å²) in [6, 6.07) is 0. The lowest BCUT2D eigenvalue weighted by Crippen LogP contribution is -2.50. The normalized spacial score (nSPS) is 17.1. The van der Waals surface area contributed by atoms with Crippen molar-refractivity contribution in [2.45, 2.75) is 116 Å². The molecule has 2 nitrogen and oxygen atoms in total. The summed E-state index contributed by atoms with van der Waals surface area (Å²) in [4.78, 5) is 0. The second-order valence-electron chi connectivity index (χ2n) is 10.9. The van der Waals surface area contributed by atoms with Crippen LogP contribution in [0.4, 0.5) is 0 Å². The van der Waals surface area contributed by atoms with Crippen LogP contribution in [0.25, 0.3) is 0 Å². The van der Waals surface area contributed by atoms with Crippen molar-refractivity contribution in [3.05, 3.63) is 12.7 Å². The molecule has 0 amide bonds. The summed E-state index contributed by atoms with van der Waals surface area (Å²) in [6.07, 6.45) is 10.5. The van der Waals surface area contributed by atoms with Crippen LogP contribution in [0.1, 0.15) is 67.7 Å². The van der Waals surface area contributed by atoms with Gasteiger partial charge in [-0.2, -0.15) is 0 Å². The summed E-state index contributed by atoms with van der Waals surface area (Å²) in [7, 11) is -3.84. The SMILES string of the molecule is C#CC[C@@H](O[Si](C)(C)C(C)(C)C)[C@@H](CCC)[C@H](C=C)O[Si](C)(C)C(C)(C)C. The fourth-order valence-corrected chi connectivity index (χ4v) is 5.35. The molecule has 0 aliphatic heterocycles.